The van der Waals surface area contributed by atoms with Gasteiger partial charge in [-0.1, -0.05) is 26.3 Å². The van der Waals surface area contributed by atoms with Crippen LogP contribution in [-0.2, 0) is 0 Å². The van der Waals surface area contributed by atoms with Crippen LogP contribution in [0.4, 0.5) is 8.78 Å². The highest BCUT2D eigenvalue weighted by Crippen LogP contribution is 2.40. The second-order valence-electron chi connectivity index (χ2n) is 5.75. The molecule has 0 amide bonds. The minimum absolute atomic E-state index is 0.189. The molecule has 106 valence electrons. The van der Waals surface area contributed by atoms with Gasteiger partial charge in [0.05, 0.1) is 0 Å². The van der Waals surface area contributed by atoms with E-state index in [9.17, 15) is 8.78 Å². The zero-order chi connectivity index (χ0) is 13.8. The molecule has 2 rings (SSSR count). The van der Waals surface area contributed by atoms with Gasteiger partial charge in [0, 0.05) is 11.6 Å². The zero-order valence-corrected chi connectivity index (χ0v) is 11.8. The van der Waals surface area contributed by atoms with E-state index in [1.807, 2.05) is 0 Å². The van der Waals surface area contributed by atoms with Crippen LogP contribution in [0.5, 0.6) is 0 Å². The molecule has 1 aromatic carbocycles. The minimum atomic E-state index is -0.423. The van der Waals surface area contributed by atoms with Crippen LogP contribution < -0.4 is 5.32 Å². The Morgan fingerprint density at radius 1 is 1.26 bits per heavy atom. The van der Waals surface area contributed by atoms with Crippen molar-refractivity contribution < 1.29 is 8.78 Å². The molecule has 1 aromatic rings. The number of halogens is 2. The van der Waals surface area contributed by atoms with Crippen molar-refractivity contribution in [1.82, 2.24) is 5.32 Å². The molecular weight excluding hydrogens is 244 g/mol. The topological polar surface area (TPSA) is 12.0 Å². The van der Waals surface area contributed by atoms with Crippen LogP contribution in [0, 0.1) is 23.5 Å². The van der Waals surface area contributed by atoms with Crippen molar-refractivity contribution in [3.8, 4) is 0 Å². The van der Waals surface area contributed by atoms with E-state index in [-0.39, 0.29) is 11.6 Å². The maximum Gasteiger partial charge on any atom is 0.130 e. The average Bonchev–Trinajstić information content (AvgIpc) is 2.79. The predicted molar refractivity (Wildman–Crippen MR) is 73.9 cm³/mol. The van der Waals surface area contributed by atoms with Crippen LogP contribution in [0.1, 0.15) is 51.1 Å². The van der Waals surface area contributed by atoms with Crippen LogP contribution in [-0.4, -0.2) is 6.54 Å². The molecule has 1 N–H and O–H groups in total. The summed E-state index contributed by atoms with van der Waals surface area (Å²) in [6.45, 7) is 5.08. The molecule has 3 atom stereocenters. The molecule has 19 heavy (non-hydrogen) atoms. The molecule has 1 aliphatic carbocycles. The Morgan fingerprint density at radius 2 is 1.95 bits per heavy atom. The summed E-state index contributed by atoms with van der Waals surface area (Å²) in [5.74, 6) is 0.153. The van der Waals surface area contributed by atoms with E-state index in [1.54, 1.807) is 0 Å². The SMILES string of the molecule is CCCNC(c1c(F)cccc1F)C1CCC(C)C1. The molecule has 0 heterocycles. The van der Waals surface area contributed by atoms with Gasteiger partial charge in [-0.05, 0) is 49.8 Å². The average molecular weight is 267 g/mol. The fourth-order valence-corrected chi connectivity index (χ4v) is 3.17. The molecule has 0 aromatic heterocycles. The number of benzene rings is 1. The van der Waals surface area contributed by atoms with Crippen molar-refractivity contribution in [2.24, 2.45) is 11.8 Å². The molecule has 1 aliphatic rings. The fourth-order valence-electron chi connectivity index (χ4n) is 3.17. The molecule has 0 bridgehead atoms. The Bertz CT molecular complexity index is 399. The van der Waals surface area contributed by atoms with E-state index >= 15 is 0 Å². The Kier molecular flexibility index (Phi) is 4.92. The van der Waals surface area contributed by atoms with E-state index in [0.29, 0.717) is 11.8 Å². The standard InChI is InChI=1S/C16H23F2N/c1-3-9-19-16(12-8-7-11(2)10-12)15-13(17)5-4-6-14(15)18/h4-6,11-12,16,19H,3,7-10H2,1-2H3. The Morgan fingerprint density at radius 3 is 2.47 bits per heavy atom. The first-order valence-corrected chi connectivity index (χ1v) is 7.30. The van der Waals surface area contributed by atoms with Crippen molar-refractivity contribution >= 4 is 0 Å². The van der Waals surface area contributed by atoms with Gasteiger partial charge in [0.15, 0.2) is 0 Å². The molecule has 1 nitrogen and oxygen atoms in total. The summed E-state index contributed by atoms with van der Waals surface area (Å²) in [5.41, 5.74) is 0.232. The van der Waals surface area contributed by atoms with Crippen molar-refractivity contribution in [3.63, 3.8) is 0 Å². The Labute approximate surface area is 114 Å². The lowest BCUT2D eigenvalue weighted by atomic mass is 9.90. The quantitative estimate of drug-likeness (QED) is 0.831. The highest BCUT2D eigenvalue weighted by molar-refractivity contribution is 5.24. The molecule has 1 fully saturated rings. The van der Waals surface area contributed by atoms with Gasteiger partial charge in [0.2, 0.25) is 0 Å². The second-order valence-corrected chi connectivity index (χ2v) is 5.75. The summed E-state index contributed by atoms with van der Waals surface area (Å²) in [6.07, 6.45) is 4.23. The van der Waals surface area contributed by atoms with Crippen LogP contribution in [0.15, 0.2) is 18.2 Å². The Balaban J connectivity index is 2.26. The predicted octanol–water partition coefficient (Wildman–Crippen LogP) is 4.44. The third-order valence-corrected chi connectivity index (χ3v) is 4.13. The maximum absolute atomic E-state index is 14.0. The first kappa shape index (κ1) is 14.4. The lowest BCUT2D eigenvalue weighted by Crippen LogP contribution is -2.29. The normalized spacial score (nSPS) is 24.6. The summed E-state index contributed by atoms with van der Waals surface area (Å²) in [5, 5.41) is 3.35. The zero-order valence-electron chi connectivity index (χ0n) is 11.8. The number of hydrogen-bond donors (Lipinski definition) is 1. The van der Waals surface area contributed by atoms with E-state index in [0.717, 1.165) is 32.2 Å². The van der Waals surface area contributed by atoms with Crippen molar-refractivity contribution in [3.05, 3.63) is 35.4 Å². The van der Waals surface area contributed by atoms with E-state index < -0.39 is 11.6 Å². The molecule has 3 unspecified atom stereocenters. The van der Waals surface area contributed by atoms with Crippen molar-refractivity contribution in [2.75, 3.05) is 6.54 Å². The smallest absolute Gasteiger partial charge is 0.130 e. The Hall–Kier alpha value is -0.960. The van der Waals surface area contributed by atoms with Gasteiger partial charge >= 0.3 is 0 Å². The number of hydrogen-bond acceptors (Lipinski definition) is 1. The molecule has 0 aliphatic heterocycles. The van der Waals surface area contributed by atoms with Crippen molar-refractivity contribution in [1.29, 1.82) is 0 Å². The van der Waals surface area contributed by atoms with Crippen molar-refractivity contribution in [2.45, 2.75) is 45.6 Å². The summed E-state index contributed by atoms with van der Waals surface area (Å²) in [4.78, 5) is 0. The van der Waals surface area contributed by atoms with Gasteiger partial charge in [0.25, 0.3) is 0 Å². The third-order valence-electron chi connectivity index (χ3n) is 4.13. The van der Waals surface area contributed by atoms with Gasteiger partial charge in [-0.3, -0.25) is 0 Å². The third kappa shape index (κ3) is 3.33. The molecule has 0 radical (unpaired) electrons. The number of nitrogens with one attached hydrogen (secondary N) is 1. The molecule has 1 saturated carbocycles. The fraction of sp³-hybridized carbons (Fsp3) is 0.625. The first-order valence-electron chi connectivity index (χ1n) is 7.30. The molecule has 0 saturated heterocycles. The van der Waals surface area contributed by atoms with Crippen LogP contribution in [0.25, 0.3) is 0 Å². The van der Waals surface area contributed by atoms with Gasteiger partial charge in [-0.15, -0.1) is 0 Å². The van der Waals surface area contributed by atoms with Gasteiger partial charge in [-0.25, -0.2) is 8.78 Å². The van der Waals surface area contributed by atoms with Gasteiger partial charge in [-0.2, -0.15) is 0 Å². The highest BCUT2D eigenvalue weighted by Gasteiger charge is 2.32. The second kappa shape index (κ2) is 6.47. The monoisotopic (exact) mass is 267 g/mol. The lowest BCUT2D eigenvalue weighted by molar-refractivity contribution is 0.338. The molecule has 3 heteroatoms. The van der Waals surface area contributed by atoms with Crippen LogP contribution in [0.2, 0.25) is 0 Å². The number of rotatable bonds is 5. The summed E-state index contributed by atoms with van der Waals surface area (Å²) >= 11 is 0. The molecule has 0 spiro atoms. The molecular formula is C16H23F2N. The van der Waals surface area contributed by atoms with E-state index in [2.05, 4.69) is 19.2 Å². The largest absolute Gasteiger partial charge is 0.310 e. The summed E-state index contributed by atoms with van der Waals surface area (Å²) < 4.78 is 28.0. The highest BCUT2D eigenvalue weighted by atomic mass is 19.1. The van der Waals surface area contributed by atoms with Crippen LogP contribution >= 0.6 is 0 Å². The summed E-state index contributed by atoms with van der Waals surface area (Å²) in [7, 11) is 0. The summed E-state index contributed by atoms with van der Waals surface area (Å²) in [6, 6.07) is 3.96. The van der Waals surface area contributed by atoms with E-state index in [4.69, 9.17) is 0 Å². The van der Waals surface area contributed by atoms with Crippen LogP contribution in [0.3, 0.4) is 0 Å². The minimum Gasteiger partial charge on any atom is -0.310 e. The lowest BCUT2D eigenvalue weighted by Gasteiger charge is -2.26. The maximum atomic E-state index is 14.0. The van der Waals surface area contributed by atoms with Gasteiger partial charge in [0.1, 0.15) is 11.6 Å². The first-order chi connectivity index (χ1) is 9.13. The van der Waals surface area contributed by atoms with E-state index in [1.165, 1.54) is 18.2 Å². The van der Waals surface area contributed by atoms with Gasteiger partial charge < -0.3 is 5.32 Å².